The standard InChI is InChI=1S/C11H19N3O2S2/c1-4-5-13-11(3,9(15)16)6-8(2)17-10-12-7-14-18-10/h7-8,13H,4-6H2,1-3H3,(H,15,16). The summed E-state index contributed by atoms with van der Waals surface area (Å²) in [6, 6.07) is 0. The van der Waals surface area contributed by atoms with Crippen LogP contribution in [-0.2, 0) is 4.79 Å². The smallest absolute Gasteiger partial charge is 0.323 e. The average Bonchev–Trinajstić information content (AvgIpc) is 2.78. The van der Waals surface area contributed by atoms with E-state index in [-0.39, 0.29) is 5.25 Å². The average molecular weight is 289 g/mol. The molecule has 0 aliphatic carbocycles. The van der Waals surface area contributed by atoms with Gasteiger partial charge in [-0.1, -0.05) is 25.6 Å². The largest absolute Gasteiger partial charge is 0.480 e. The normalized spacial score (nSPS) is 16.2. The van der Waals surface area contributed by atoms with Crippen LogP contribution in [0.3, 0.4) is 0 Å². The number of hydrogen-bond donors (Lipinski definition) is 2. The van der Waals surface area contributed by atoms with Crippen LogP contribution in [0.25, 0.3) is 0 Å². The fourth-order valence-corrected chi connectivity index (χ4v) is 3.58. The molecule has 0 saturated heterocycles. The highest BCUT2D eigenvalue weighted by atomic mass is 32.2. The van der Waals surface area contributed by atoms with Crippen LogP contribution in [0.4, 0.5) is 0 Å². The van der Waals surface area contributed by atoms with Crippen LogP contribution in [0, 0.1) is 0 Å². The first-order chi connectivity index (χ1) is 8.48. The van der Waals surface area contributed by atoms with Crippen molar-refractivity contribution in [2.45, 2.75) is 48.7 Å². The van der Waals surface area contributed by atoms with Crippen molar-refractivity contribution in [2.75, 3.05) is 6.54 Å². The van der Waals surface area contributed by atoms with Gasteiger partial charge in [0.25, 0.3) is 0 Å². The van der Waals surface area contributed by atoms with E-state index in [9.17, 15) is 9.90 Å². The molecule has 0 saturated carbocycles. The highest BCUT2D eigenvalue weighted by Gasteiger charge is 2.34. The van der Waals surface area contributed by atoms with Gasteiger partial charge in [-0.2, -0.15) is 4.37 Å². The van der Waals surface area contributed by atoms with Gasteiger partial charge in [-0.15, -0.1) is 0 Å². The molecule has 1 rings (SSSR count). The Morgan fingerprint density at radius 3 is 2.94 bits per heavy atom. The second-order valence-corrected chi connectivity index (χ2v) is 6.87. The van der Waals surface area contributed by atoms with Crippen LogP contribution >= 0.6 is 23.3 Å². The molecule has 2 N–H and O–H groups in total. The third-order valence-corrected chi connectivity index (χ3v) is 4.43. The fraction of sp³-hybridized carbons (Fsp3) is 0.727. The van der Waals surface area contributed by atoms with Crippen molar-refractivity contribution in [1.82, 2.24) is 14.7 Å². The summed E-state index contributed by atoms with van der Waals surface area (Å²) < 4.78 is 4.81. The first kappa shape index (κ1) is 15.4. The minimum atomic E-state index is -0.882. The summed E-state index contributed by atoms with van der Waals surface area (Å²) in [6.07, 6.45) is 2.98. The van der Waals surface area contributed by atoms with Gasteiger partial charge in [-0.25, -0.2) is 4.98 Å². The van der Waals surface area contributed by atoms with Crippen LogP contribution in [0.2, 0.25) is 0 Å². The molecule has 2 unspecified atom stereocenters. The number of aromatic nitrogens is 2. The Hall–Kier alpha value is -0.660. The summed E-state index contributed by atoms with van der Waals surface area (Å²) in [4.78, 5) is 15.5. The molecule has 0 aliphatic heterocycles. The summed E-state index contributed by atoms with van der Waals surface area (Å²) >= 11 is 2.91. The van der Waals surface area contributed by atoms with Crippen LogP contribution in [0.5, 0.6) is 0 Å². The number of nitrogens with zero attached hydrogens (tertiary/aromatic N) is 2. The summed E-state index contributed by atoms with van der Waals surface area (Å²) in [5.41, 5.74) is -0.882. The molecule has 7 heteroatoms. The Labute approximate surface area is 116 Å². The van der Waals surface area contributed by atoms with Gasteiger partial charge >= 0.3 is 5.97 Å². The molecule has 5 nitrogen and oxygen atoms in total. The molecule has 0 aliphatic rings. The molecule has 1 aromatic rings. The lowest BCUT2D eigenvalue weighted by molar-refractivity contribution is -0.144. The van der Waals surface area contributed by atoms with Gasteiger partial charge < -0.3 is 10.4 Å². The van der Waals surface area contributed by atoms with Gasteiger partial charge in [0, 0.05) is 5.25 Å². The lowest BCUT2D eigenvalue weighted by atomic mass is 9.96. The maximum atomic E-state index is 11.4. The van der Waals surface area contributed by atoms with E-state index in [4.69, 9.17) is 0 Å². The van der Waals surface area contributed by atoms with E-state index in [1.165, 1.54) is 17.9 Å². The lowest BCUT2D eigenvalue weighted by Gasteiger charge is -2.28. The van der Waals surface area contributed by atoms with E-state index in [0.717, 1.165) is 10.8 Å². The van der Waals surface area contributed by atoms with Crippen molar-refractivity contribution < 1.29 is 9.90 Å². The topological polar surface area (TPSA) is 75.1 Å². The van der Waals surface area contributed by atoms with Gasteiger partial charge in [0.15, 0.2) is 4.34 Å². The number of aliphatic carboxylic acids is 1. The first-order valence-corrected chi connectivity index (χ1v) is 7.55. The second-order valence-electron chi connectivity index (χ2n) is 4.40. The van der Waals surface area contributed by atoms with Gasteiger partial charge in [0.1, 0.15) is 11.9 Å². The maximum Gasteiger partial charge on any atom is 0.323 e. The summed E-state index contributed by atoms with van der Waals surface area (Å²) in [5, 5.41) is 12.6. The number of rotatable bonds is 8. The minimum Gasteiger partial charge on any atom is -0.480 e. The van der Waals surface area contributed by atoms with Crippen LogP contribution in [-0.4, -0.2) is 37.8 Å². The molecule has 0 fully saturated rings. The minimum absolute atomic E-state index is 0.170. The van der Waals surface area contributed by atoms with Crippen LogP contribution in [0.1, 0.15) is 33.6 Å². The Bertz CT molecular complexity index is 372. The number of carboxylic acid groups (broad SMARTS) is 1. The van der Waals surface area contributed by atoms with E-state index in [2.05, 4.69) is 14.7 Å². The monoisotopic (exact) mass is 289 g/mol. The number of hydrogen-bond acceptors (Lipinski definition) is 6. The Morgan fingerprint density at radius 2 is 2.44 bits per heavy atom. The zero-order valence-electron chi connectivity index (χ0n) is 10.8. The molecule has 102 valence electrons. The molecule has 1 heterocycles. The van der Waals surface area contributed by atoms with Crippen molar-refractivity contribution in [2.24, 2.45) is 0 Å². The van der Waals surface area contributed by atoms with Gasteiger partial charge in [-0.05, 0) is 37.8 Å². The van der Waals surface area contributed by atoms with E-state index >= 15 is 0 Å². The zero-order chi connectivity index (χ0) is 13.6. The van der Waals surface area contributed by atoms with E-state index in [0.29, 0.717) is 13.0 Å². The molecule has 1 aromatic heterocycles. The van der Waals surface area contributed by atoms with Gasteiger partial charge in [0.2, 0.25) is 0 Å². The SMILES string of the molecule is CCCNC(C)(CC(C)Sc1ncns1)C(=O)O. The number of thioether (sulfide) groups is 1. The fourth-order valence-electron chi connectivity index (χ4n) is 1.64. The number of carbonyl (C=O) groups is 1. The third-order valence-electron chi connectivity index (χ3n) is 2.58. The maximum absolute atomic E-state index is 11.4. The quantitative estimate of drug-likeness (QED) is 0.715. The summed E-state index contributed by atoms with van der Waals surface area (Å²) in [6.45, 7) is 6.48. The molecule has 0 radical (unpaired) electrons. The van der Waals surface area contributed by atoms with E-state index in [1.807, 2.05) is 13.8 Å². The van der Waals surface area contributed by atoms with Crippen molar-refractivity contribution in [1.29, 1.82) is 0 Å². The Morgan fingerprint density at radius 1 is 1.72 bits per heavy atom. The molecule has 18 heavy (non-hydrogen) atoms. The third kappa shape index (κ3) is 4.55. The van der Waals surface area contributed by atoms with Gasteiger partial charge in [0.05, 0.1) is 0 Å². The summed E-state index contributed by atoms with van der Waals surface area (Å²) in [5.74, 6) is -0.805. The molecular weight excluding hydrogens is 270 g/mol. The van der Waals surface area contributed by atoms with E-state index < -0.39 is 11.5 Å². The highest BCUT2D eigenvalue weighted by molar-refractivity contribution is 8.01. The lowest BCUT2D eigenvalue weighted by Crippen LogP contribution is -2.51. The number of nitrogens with one attached hydrogen (secondary N) is 1. The van der Waals surface area contributed by atoms with Crippen LogP contribution in [0.15, 0.2) is 10.7 Å². The molecular formula is C11H19N3O2S2. The molecule has 0 amide bonds. The van der Waals surface area contributed by atoms with Crippen molar-refractivity contribution >= 4 is 29.3 Å². The molecule has 0 aromatic carbocycles. The van der Waals surface area contributed by atoms with Gasteiger partial charge in [-0.3, -0.25) is 4.79 Å². The van der Waals surface area contributed by atoms with Crippen molar-refractivity contribution in [3.63, 3.8) is 0 Å². The predicted octanol–water partition coefficient (Wildman–Crippen LogP) is 2.25. The Kier molecular flexibility index (Phi) is 6.04. The zero-order valence-corrected chi connectivity index (χ0v) is 12.5. The van der Waals surface area contributed by atoms with Crippen molar-refractivity contribution in [3.8, 4) is 0 Å². The molecule has 0 spiro atoms. The second kappa shape index (κ2) is 7.06. The van der Waals surface area contributed by atoms with Crippen molar-refractivity contribution in [3.05, 3.63) is 6.33 Å². The Balaban J connectivity index is 2.57. The molecule has 2 atom stereocenters. The van der Waals surface area contributed by atoms with E-state index in [1.54, 1.807) is 18.7 Å². The number of carboxylic acids is 1. The van der Waals surface area contributed by atoms with Crippen LogP contribution < -0.4 is 5.32 Å². The molecule has 0 bridgehead atoms. The first-order valence-electron chi connectivity index (χ1n) is 5.89. The highest BCUT2D eigenvalue weighted by Crippen LogP contribution is 2.29. The summed E-state index contributed by atoms with van der Waals surface area (Å²) in [7, 11) is 0. The predicted molar refractivity (Wildman–Crippen MR) is 74.2 cm³/mol.